The standard InChI is InChI=1S/C17H18N2O3/c1-13-4-2-6-16(18-13)22-15-9-10-19(12-15)17(20)8-7-14-5-3-11-21-14/h2-8,11,15H,9-10,12H2,1H3/b8-7+/t15-/m0/s1. The fourth-order valence-corrected chi connectivity index (χ4v) is 2.42. The molecular weight excluding hydrogens is 280 g/mol. The van der Waals surface area contributed by atoms with E-state index in [9.17, 15) is 4.79 Å². The van der Waals surface area contributed by atoms with Crippen LogP contribution >= 0.6 is 0 Å². The normalized spacial score (nSPS) is 18.0. The lowest BCUT2D eigenvalue weighted by atomic mass is 10.3. The number of aryl methyl sites for hydroxylation is 1. The van der Waals surface area contributed by atoms with E-state index in [1.807, 2.05) is 31.2 Å². The second kappa shape index (κ2) is 6.47. The Balaban J connectivity index is 1.54. The predicted molar refractivity (Wildman–Crippen MR) is 82.3 cm³/mol. The summed E-state index contributed by atoms with van der Waals surface area (Å²) in [4.78, 5) is 18.2. The second-order valence-electron chi connectivity index (χ2n) is 5.28. The van der Waals surface area contributed by atoms with E-state index >= 15 is 0 Å². The molecule has 0 aliphatic carbocycles. The molecule has 114 valence electrons. The Morgan fingerprint density at radius 1 is 1.41 bits per heavy atom. The number of amides is 1. The summed E-state index contributed by atoms with van der Waals surface area (Å²) in [6.45, 7) is 3.20. The molecular formula is C17H18N2O3. The quantitative estimate of drug-likeness (QED) is 0.814. The topological polar surface area (TPSA) is 55.6 Å². The number of hydrogen-bond donors (Lipinski definition) is 0. The fourth-order valence-electron chi connectivity index (χ4n) is 2.42. The van der Waals surface area contributed by atoms with Crippen LogP contribution in [0.3, 0.4) is 0 Å². The molecule has 0 radical (unpaired) electrons. The maximum atomic E-state index is 12.1. The van der Waals surface area contributed by atoms with Gasteiger partial charge in [0.2, 0.25) is 11.8 Å². The van der Waals surface area contributed by atoms with E-state index in [1.165, 1.54) is 6.08 Å². The third-order valence-electron chi connectivity index (χ3n) is 3.54. The SMILES string of the molecule is Cc1cccc(O[C@H]2CCN(C(=O)/C=C/c3ccco3)C2)n1. The number of pyridine rings is 1. The maximum absolute atomic E-state index is 12.1. The van der Waals surface area contributed by atoms with Crippen LogP contribution in [0.15, 0.2) is 47.1 Å². The molecule has 0 saturated carbocycles. The molecule has 5 nitrogen and oxygen atoms in total. The molecule has 0 unspecified atom stereocenters. The minimum atomic E-state index is -0.0281. The molecule has 3 heterocycles. The van der Waals surface area contributed by atoms with Crippen molar-refractivity contribution in [1.82, 2.24) is 9.88 Å². The monoisotopic (exact) mass is 298 g/mol. The molecule has 1 atom stereocenters. The first-order valence-corrected chi connectivity index (χ1v) is 7.31. The molecule has 1 aliphatic heterocycles. The number of likely N-dealkylation sites (tertiary alicyclic amines) is 1. The third kappa shape index (κ3) is 3.55. The number of hydrogen-bond acceptors (Lipinski definition) is 4. The van der Waals surface area contributed by atoms with E-state index in [1.54, 1.807) is 23.3 Å². The molecule has 2 aromatic rings. The van der Waals surface area contributed by atoms with Gasteiger partial charge in [-0.3, -0.25) is 4.79 Å². The van der Waals surface area contributed by atoms with E-state index in [0.29, 0.717) is 24.7 Å². The van der Waals surface area contributed by atoms with Crippen molar-refractivity contribution in [2.24, 2.45) is 0 Å². The molecule has 0 N–H and O–H groups in total. The van der Waals surface area contributed by atoms with Gasteiger partial charge in [-0.15, -0.1) is 0 Å². The van der Waals surface area contributed by atoms with Gasteiger partial charge in [-0.1, -0.05) is 6.07 Å². The Morgan fingerprint density at radius 2 is 2.32 bits per heavy atom. The highest BCUT2D eigenvalue weighted by Crippen LogP contribution is 2.17. The average Bonchev–Trinajstić information content (AvgIpc) is 3.16. The number of aromatic nitrogens is 1. The first-order valence-electron chi connectivity index (χ1n) is 7.31. The number of carbonyl (C=O) groups is 1. The summed E-state index contributed by atoms with van der Waals surface area (Å²) >= 11 is 0. The van der Waals surface area contributed by atoms with Crippen molar-refractivity contribution in [2.75, 3.05) is 13.1 Å². The van der Waals surface area contributed by atoms with Crippen LogP contribution in [0.1, 0.15) is 17.9 Å². The predicted octanol–water partition coefficient (Wildman–Crippen LogP) is 2.68. The molecule has 0 bridgehead atoms. The number of carbonyl (C=O) groups excluding carboxylic acids is 1. The average molecular weight is 298 g/mol. The fraction of sp³-hybridized carbons (Fsp3) is 0.294. The van der Waals surface area contributed by atoms with E-state index in [2.05, 4.69) is 4.98 Å². The van der Waals surface area contributed by atoms with Crippen LogP contribution in [0, 0.1) is 6.92 Å². The first-order chi connectivity index (χ1) is 10.7. The molecule has 1 aliphatic rings. The lowest BCUT2D eigenvalue weighted by Gasteiger charge is -2.15. The van der Waals surface area contributed by atoms with Gasteiger partial charge in [-0.2, -0.15) is 0 Å². The second-order valence-corrected chi connectivity index (χ2v) is 5.28. The number of furan rings is 1. The Labute approximate surface area is 129 Å². The van der Waals surface area contributed by atoms with Gasteiger partial charge in [0, 0.05) is 30.8 Å². The van der Waals surface area contributed by atoms with Crippen LogP contribution in [0.5, 0.6) is 5.88 Å². The van der Waals surface area contributed by atoms with Crippen molar-refractivity contribution in [3.63, 3.8) is 0 Å². The zero-order valence-corrected chi connectivity index (χ0v) is 12.4. The van der Waals surface area contributed by atoms with Gasteiger partial charge in [0.15, 0.2) is 0 Å². The summed E-state index contributed by atoms with van der Waals surface area (Å²) in [6.07, 6.45) is 5.61. The Kier molecular flexibility index (Phi) is 4.23. The first kappa shape index (κ1) is 14.4. The van der Waals surface area contributed by atoms with Gasteiger partial charge < -0.3 is 14.1 Å². The van der Waals surface area contributed by atoms with Crippen LogP contribution in [0.4, 0.5) is 0 Å². The Morgan fingerprint density at radius 3 is 3.09 bits per heavy atom. The number of nitrogens with zero attached hydrogens (tertiary/aromatic N) is 2. The summed E-state index contributed by atoms with van der Waals surface area (Å²) < 4.78 is 11.0. The summed E-state index contributed by atoms with van der Waals surface area (Å²) in [5.41, 5.74) is 0.921. The molecule has 3 rings (SSSR count). The van der Waals surface area contributed by atoms with Crippen molar-refractivity contribution >= 4 is 12.0 Å². The van der Waals surface area contributed by atoms with Crippen LogP contribution in [0.25, 0.3) is 6.08 Å². The van der Waals surface area contributed by atoms with Crippen molar-refractivity contribution in [2.45, 2.75) is 19.4 Å². The van der Waals surface area contributed by atoms with Crippen LogP contribution < -0.4 is 4.74 Å². The largest absolute Gasteiger partial charge is 0.472 e. The van der Waals surface area contributed by atoms with Gasteiger partial charge in [-0.05, 0) is 31.2 Å². The summed E-state index contributed by atoms with van der Waals surface area (Å²) in [5.74, 6) is 1.26. The number of rotatable bonds is 4. The van der Waals surface area contributed by atoms with E-state index in [4.69, 9.17) is 9.15 Å². The summed E-state index contributed by atoms with van der Waals surface area (Å²) in [6, 6.07) is 9.29. The van der Waals surface area contributed by atoms with Crippen molar-refractivity contribution in [3.05, 3.63) is 54.1 Å². The highest BCUT2D eigenvalue weighted by molar-refractivity contribution is 5.91. The van der Waals surface area contributed by atoms with E-state index < -0.39 is 0 Å². The lowest BCUT2D eigenvalue weighted by molar-refractivity contribution is -0.125. The van der Waals surface area contributed by atoms with Gasteiger partial charge in [0.25, 0.3) is 0 Å². The summed E-state index contributed by atoms with van der Waals surface area (Å²) in [7, 11) is 0. The van der Waals surface area contributed by atoms with E-state index in [-0.39, 0.29) is 12.0 Å². The number of ether oxygens (including phenoxy) is 1. The molecule has 1 amide bonds. The van der Waals surface area contributed by atoms with Gasteiger partial charge in [0.1, 0.15) is 11.9 Å². The molecule has 5 heteroatoms. The van der Waals surface area contributed by atoms with Crippen molar-refractivity contribution < 1.29 is 13.9 Å². The lowest BCUT2D eigenvalue weighted by Crippen LogP contribution is -2.29. The smallest absolute Gasteiger partial charge is 0.246 e. The minimum absolute atomic E-state index is 0.00439. The minimum Gasteiger partial charge on any atom is -0.472 e. The third-order valence-corrected chi connectivity index (χ3v) is 3.54. The molecule has 1 fully saturated rings. The van der Waals surface area contributed by atoms with Crippen LogP contribution in [-0.4, -0.2) is 35.0 Å². The van der Waals surface area contributed by atoms with Gasteiger partial charge in [0.05, 0.1) is 12.8 Å². The maximum Gasteiger partial charge on any atom is 0.246 e. The van der Waals surface area contributed by atoms with E-state index in [0.717, 1.165) is 12.1 Å². The zero-order valence-electron chi connectivity index (χ0n) is 12.4. The molecule has 0 spiro atoms. The van der Waals surface area contributed by atoms with Gasteiger partial charge >= 0.3 is 0 Å². The van der Waals surface area contributed by atoms with Crippen LogP contribution in [0.2, 0.25) is 0 Å². The highest BCUT2D eigenvalue weighted by Gasteiger charge is 2.26. The molecule has 0 aromatic carbocycles. The van der Waals surface area contributed by atoms with Crippen LogP contribution in [-0.2, 0) is 4.79 Å². The van der Waals surface area contributed by atoms with Gasteiger partial charge in [-0.25, -0.2) is 4.98 Å². The highest BCUT2D eigenvalue weighted by atomic mass is 16.5. The molecule has 2 aromatic heterocycles. The van der Waals surface area contributed by atoms with Crippen molar-refractivity contribution in [1.29, 1.82) is 0 Å². The van der Waals surface area contributed by atoms with Crippen molar-refractivity contribution in [3.8, 4) is 5.88 Å². The molecule has 1 saturated heterocycles. The summed E-state index contributed by atoms with van der Waals surface area (Å²) in [5, 5.41) is 0. The Hall–Kier alpha value is -2.56. The Bertz CT molecular complexity index is 664. The molecule has 22 heavy (non-hydrogen) atoms. The zero-order chi connectivity index (χ0) is 15.4.